The van der Waals surface area contributed by atoms with Crippen molar-refractivity contribution < 1.29 is 33.0 Å². The van der Waals surface area contributed by atoms with Gasteiger partial charge in [0, 0.05) is 43.9 Å². The fourth-order valence-corrected chi connectivity index (χ4v) is 4.10. The van der Waals surface area contributed by atoms with E-state index in [4.69, 9.17) is 9.47 Å². The summed E-state index contributed by atoms with van der Waals surface area (Å²) in [6, 6.07) is 6.00. The molecule has 1 unspecified atom stereocenters. The molecule has 2 heterocycles. The first-order valence-corrected chi connectivity index (χ1v) is 13.2. The number of ether oxygens (including phenoxy) is 2. The second kappa shape index (κ2) is 13.3. The Kier molecular flexibility index (Phi) is 10.1. The molecule has 40 heavy (non-hydrogen) atoms. The number of amides is 3. The van der Waals surface area contributed by atoms with E-state index < -0.39 is 35.4 Å². The van der Waals surface area contributed by atoms with Crippen LogP contribution in [0.25, 0.3) is 11.4 Å². The lowest BCUT2D eigenvalue weighted by Crippen LogP contribution is -2.56. The van der Waals surface area contributed by atoms with Crippen LogP contribution >= 0.6 is 0 Å². The molecule has 0 spiro atoms. The van der Waals surface area contributed by atoms with Crippen molar-refractivity contribution in [2.75, 3.05) is 32.8 Å². The number of hydrogen-bond donors (Lipinski definition) is 1. The Balaban J connectivity index is 1.77. The molecular weight excluding hydrogens is 521 g/mol. The van der Waals surface area contributed by atoms with E-state index in [9.17, 15) is 23.6 Å². The van der Waals surface area contributed by atoms with Gasteiger partial charge in [-0.2, -0.15) is 0 Å². The maximum absolute atomic E-state index is 13.5. The third kappa shape index (κ3) is 8.72. The van der Waals surface area contributed by atoms with Crippen LogP contribution in [-0.2, 0) is 19.1 Å². The number of hydrogen-bond acceptors (Lipinski definition) is 8. The molecule has 3 rings (SSSR count). The number of esters is 1. The van der Waals surface area contributed by atoms with Crippen LogP contribution in [0.2, 0.25) is 0 Å². The van der Waals surface area contributed by atoms with Crippen LogP contribution in [0.3, 0.4) is 0 Å². The Morgan fingerprint density at radius 2 is 1.65 bits per heavy atom. The van der Waals surface area contributed by atoms with E-state index in [0.717, 1.165) is 0 Å². The molecule has 216 valence electrons. The monoisotopic (exact) mass is 557 g/mol. The standard InChI is InChI=1S/C28H36FN5O6/c1-6-39-27(38)34-15-13-33(14-16-34)26(37)21(11-12-23(35)40-28(3,4)5)32-25(36)22-17-18(2)30-24(31-22)19-7-9-20(29)10-8-19/h7-10,17,21H,6,11-16H2,1-5H3,(H,32,36). The van der Waals surface area contributed by atoms with Gasteiger partial charge in [0.15, 0.2) is 5.82 Å². The molecule has 0 aliphatic carbocycles. The van der Waals surface area contributed by atoms with Gasteiger partial charge in [-0.25, -0.2) is 19.2 Å². The third-order valence-electron chi connectivity index (χ3n) is 5.97. The highest BCUT2D eigenvalue weighted by Crippen LogP contribution is 2.18. The molecule has 0 saturated carbocycles. The quantitative estimate of drug-likeness (QED) is 0.490. The summed E-state index contributed by atoms with van der Waals surface area (Å²) in [7, 11) is 0. The minimum absolute atomic E-state index is 0.00641. The summed E-state index contributed by atoms with van der Waals surface area (Å²) in [5.74, 6) is -1.68. The topological polar surface area (TPSA) is 131 Å². The van der Waals surface area contributed by atoms with E-state index in [0.29, 0.717) is 11.3 Å². The van der Waals surface area contributed by atoms with Crippen LogP contribution < -0.4 is 5.32 Å². The molecule has 1 aromatic heterocycles. The van der Waals surface area contributed by atoms with E-state index in [1.807, 2.05) is 0 Å². The maximum atomic E-state index is 13.5. The van der Waals surface area contributed by atoms with Crippen LogP contribution in [0.15, 0.2) is 30.3 Å². The molecule has 1 N–H and O–H groups in total. The minimum Gasteiger partial charge on any atom is -0.460 e. The zero-order valence-electron chi connectivity index (χ0n) is 23.5. The molecule has 1 atom stereocenters. The first kappa shape index (κ1) is 30.5. The SMILES string of the molecule is CCOC(=O)N1CCN(C(=O)C(CCC(=O)OC(C)(C)C)NC(=O)c2cc(C)nc(-c3ccc(F)cc3)n2)CC1. The normalized spacial score (nSPS) is 14.3. The van der Waals surface area contributed by atoms with Gasteiger partial charge in [0.2, 0.25) is 5.91 Å². The highest BCUT2D eigenvalue weighted by molar-refractivity contribution is 5.96. The fourth-order valence-electron chi connectivity index (χ4n) is 4.10. The summed E-state index contributed by atoms with van der Waals surface area (Å²) in [4.78, 5) is 63.0. The molecule has 12 heteroatoms. The lowest BCUT2D eigenvalue weighted by atomic mass is 10.1. The molecule has 1 fully saturated rings. The van der Waals surface area contributed by atoms with E-state index in [1.165, 1.54) is 35.2 Å². The van der Waals surface area contributed by atoms with Crippen molar-refractivity contribution in [3.63, 3.8) is 0 Å². The number of aromatic nitrogens is 2. The summed E-state index contributed by atoms with van der Waals surface area (Å²) >= 11 is 0. The predicted molar refractivity (Wildman–Crippen MR) is 144 cm³/mol. The molecule has 1 aliphatic rings. The molecule has 1 aliphatic heterocycles. The van der Waals surface area contributed by atoms with Crippen molar-refractivity contribution in [1.29, 1.82) is 0 Å². The Morgan fingerprint density at radius 3 is 2.25 bits per heavy atom. The van der Waals surface area contributed by atoms with Crippen molar-refractivity contribution in [1.82, 2.24) is 25.1 Å². The lowest BCUT2D eigenvalue weighted by molar-refractivity contribution is -0.155. The largest absolute Gasteiger partial charge is 0.460 e. The lowest BCUT2D eigenvalue weighted by Gasteiger charge is -2.36. The average Bonchev–Trinajstić information content (AvgIpc) is 2.89. The van der Waals surface area contributed by atoms with Gasteiger partial charge in [-0.15, -0.1) is 0 Å². The van der Waals surface area contributed by atoms with Crippen molar-refractivity contribution >= 4 is 23.9 Å². The van der Waals surface area contributed by atoms with Gasteiger partial charge in [0.05, 0.1) is 6.61 Å². The van der Waals surface area contributed by atoms with Gasteiger partial charge in [0.1, 0.15) is 23.2 Å². The van der Waals surface area contributed by atoms with Gasteiger partial charge in [0.25, 0.3) is 5.91 Å². The van der Waals surface area contributed by atoms with Crippen molar-refractivity contribution in [3.05, 3.63) is 47.5 Å². The summed E-state index contributed by atoms with van der Waals surface area (Å²) < 4.78 is 23.8. The van der Waals surface area contributed by atoms with Gasteiger partial charge in [-0.1, -0.05) is 0 Å². The third-order valence-corrected chi connectivity index (χ3v) is 5.97. The number of carbonyl (C=O) groups excluding carboxylic acids is 4. The number of nitrogens with one attached hydrogen (secondary N) is 1. The van der Waals surface area contributed by atoms with E-state index in [1.54, 1.807) is 39.5 Å². The Bertz CT molecular complexity index is 1220. The number of nitrogens with zero attached hydrogens (tertiary/aromatic N) is 4. The van der Waals surface area contributed by atoms with Gasteiger partial charge in [-0.3, -0.25) is 14.4 Å². The number of aryl methyl sites for hydroxylation is 1. The zero-order chi connectivity index (χ0) is 29.4. The number of halogens is 1. The summed E-state index contributed by atoms with van der Waals surface area (Å²) in [5, 5.41) is 2.72. The number of carbonyl (C=O) groups is 4. The van der Waals surface area contributed by atoms with Crippen molar-refractivity contribution in [2.24, 2.45) is 0 Å². The van der Waals surface area contributed by atoms with Crippen LogP contribution in [0.1, 0.15) is 56.7 Å². The Morgan fingerprint density at radius 1 is 1.02 bits per heavy atom. The zero-order valence-corrected chi connectivity index (χ0v) is 23.5. The molecule has 0 bridgehead atoms. The van der Waals surface area contributed by atoms with Gasteiger partial charge < -0.3 is 24.6 Å². The Hall–Kier alpha value is -4.09. The minimum atomic E-state index is -1.04. The second-order valence-electron chi connectivity index (χ2n) is 10.4. The smallest absolute Gasteiger partial charge is 0.409 e. The van der Waals surface area contributed by atoms with E-state index in [-0.39, 0.29) is 63.1 Å². The van der Waals surface area contributed by atoms with Crippen molar-refractivity contribution in [2.45, 2.75) is 59.1 Å². The van der Waals surface area contributed by atoms with Gasteiger partial charge in [-0.05, 0) is 71.4 Å². The molecule has 0 radical (unpaired) electrons. The summed E-state index contributed by atoms with van der Waals surface area (Å²) in [6.45, 7) is 9.96. The van der Waals surface area contributed by atoms with Crippen molar-refractivity contribution in [3.8, 4) is 11.4 Å². The van der Waals surface area contributed by atoms with E-state index >= 15 is 0 Å². The second-order valence-corrected chi connectivity index (χ2v) is 10.4. The van der Waals surface area contributed by atoms with Crippen LogP contribution in [0, 0.1) is 12.7 Å². The highest BCUT2D eigenvalue weighted by Gasteiger charge is 2.32. The first-order chi connectivity index (χ1) is 18.9. The number of benzene rings is 1. The molecule has 11 nitrogen and oxygen atoms in total. The van der Waals surface area contributed by atoms with Crippen LogP contribution in [0.5, 0.6) is 0 Å². The molecule has 3 amide bonds. The molecule has 1 saturated heterocycles. The first-order valence-electron chi connectivity index (χ1n) is 13.2. The highest BCUT2D eigenvalue weighted by atomic mass is 19.1. The summed E-state index contributed by atoms with van der Waals surface area (Å²) in [6.07, 6.45) is -0.534. The fraction of sp³-hybridized carbons (Fsp3) is 0.500. The predicted octanol–water partition coefficient (Wildman–Crippen LogP) is 3.11. The van der Waals surface area contributed by atoms with Crippen LogP contribution in [-0.4, -0.2) is 88.1 Å². The van der Waals surface area contributed by atoms with Gasteiger partial charge >= 0.3 is 12.1 Å². The number of piperazine rings is 1. The molecule has 1 aromatic carbocycles. The maximum Gasteiger partial charge on any atom is 0.409 e. The number of rotatable bonds is 8. The molecule has 2 aromatic rings. The molecular formula is C28H36FN5O6. The summed E-state index contributed by atoms with van der Waals surface area (Å²) in [5.41, 5.74) is 0.356. The van der Waals surface area contributed by atoms with Crippen LogP contribution in [0.4, 0.5) is 9.18 Å². The average molecular weight is 558 g/mol. The Labute approximate surface area is 233 Å². The van der Waals surface area contributed by atoms with E-state index in [2.05, 4.69) is 15.3 Å².